The smallest absolute Gasteiger partial charge is 0.274 e. The van der Waals surface area contributed by atoms with Gasteiger partial charge in [0.15, 0.2) is 0 Å². The van der Waals surface area contributed by atoms with Crippen molar-refractivity contribution in [1.29, 1.82) is 0 Å². The first-order valence-corrected chi connectivity index (χ1v) is 9.34. The first kappa shape index (κ1) is 16.3. The quantitative estimate of drug-likeness (QED) is 0.920. The Balaban J connectivity index is 1.75. The van der Waals surface area contributed by atoms with Gasteiger partial charge in [-0.3, -0.25) is 9.59 Å². The third-order valence-corrected chi connectivity index (χ3v) is 6.49. The molecule has 5 nitrogen and oxygen atoms in total. The van der Waals surface area contributed by atoms with Crippen LogP contribution in [0.3, 0.4) is 0 Å². The van der Waals surface area contributed by atoms with Crippen LogP contribution in [-0.4, -0.2) is 34.3 Å². The number of nitrogens with two attached hydrogens (primary N) is 1. The highest BCUT2D eigenvalue weighted by Crippen LogP contribution is 2.50. The summed E-state index contributed by atoms with van der Waals surface area (Å²) in [6, 6.07) is 5.61. The van der Waals surface area contributed by atoms with Crippen LogP contribution >= 0.6 is 11.3 Å². The molecule has 1 aliphatic heterocycles. The van der Waals surface area contributed by atoms with Crippen LogP contribution in [0.4, 0.5) is 0 Å². The minimum atomic E-state index is -0.481. The predicted octanol–water partition coefficient (Wildman–Crippen LogP) is 2.68. The standard InChI is InChI=1S/C19H21N3O2S/c1-9-5-4-6-13(10(9)2)17-15(21-11(3)25-17)19(24)22-8-12-7-14(12)16(22)18(20)23/h4-6,12,14,16H,7-8H2,1-3H3,(H2,20,23)/t12-,14-,16-/m0/s1. The summed E-state index contributed by atoms with van der Waals surface area (Å²) in [4.78, 5) is 32.1. The molecule has 4 rings (SSSR count). The number of carbonyl (C=O) groups excluding carboxylic acids is 2. The maximum absolute atomic E-state index is 13.2. The second-order valence-corrected chi connectivity index (χ2v) is 8.33. The van der Waals surface area contributed by atoms with E-state index in [1.54, 1.807) is 4.90 Å². The van der Waals surface area contributed by atoms with Gasteiger partial charge in [0.05, 0.1) is 9.88 Å². The third-order valence-electron chi connectivity index (χ3n) is 5.49. The van der Waals surface area contributed by atoms with Crippen LogP contribution in [-0.2, 0) is 4.79 Å². The van der Waals surface area contributed by atoms with Crippen LogP contribution in [0.5, 0.6) is 0 Å². The van der Waals surface area contributed by atoms with Crippen molar-refractivity contribution in [3.63, 3.8) is 0 Å². The summed E-state index contributed by atoms with van der Waals surface area (Å²) in [5, 5.41) is 0.847. The van der Waals surface area contributed by atoms with Gasteiger partial charge in [-0.2, -0.15) is 0 Å². The minimum absolute atomic E-state index is 0.170. The van der Waals surface area contributed by atoms with Crippen molar-refractivity contribution >= 4 is 23.2 Å². The van der Waals surface area contributed by atoms with Crippen molar-refractivity contribution < 1.29 is 9.59 Å². The van der Waals surface area contributed by atoms with Crippen LogP contribution in [0.1, 0.15) is 33.0 Å². The van der Waals surface area contributed by atoms with Gasteiger partial charge < -0.3 is 10.6 Å². The van der Waals surface area contributed by atoms with Crippen molar-refractivity contribution in [2.24, 2.45) is 17.6 Å². The highest BCUT2D eigenvalue weighted by molar-refractivity contribution is 7.15. The highest BCUT2D eigenvalue weighted by Gasteiger charge is 2.56. The van der Waals surface area contributed by atoms with Gasteiger partial charge in [0.2, 0.25) is 5.91 Å². The lowest BCUT2D eigenvalue weighted by atomic mass is 10.0. The summed E-state index contributed by atoms with van der Waals surface area (Å²) in [6.45, 7) is 6.64. The van der Waals surface area contributed by atoms with Gasteiger partial charge in [0, 0.05) is 6.54 Å². The molecular formula is C19H21N3O2S. The predicted molar refractivity (Wildman–Crippen MR) is 97.4 cm³/mol. The summed E-state index contributed by atoms with van der Waals surface area (Å²) in [7, 11) is 0. The molecule has 130 valence electrons. The number of thiazole rings is 1. The molecule has 1 aliphatic carbocycles. The number of carbonyl (C=O) groups is 2. The number of hydrogen-bond acceptors (Lipinski definition) is 4. The highest BCUT2D eigenvalue weighted by atomic mass is 32.1. The number of hydrogen-bond donors (Lipinski definition) is 1. The Labute approximate surface area is 150 Å². The SMILES string of the molecule is Cc1nc(C(=O)N2C[C@@H]3C[C@@H]3[C@H]2C(N)=O)c(-c2cccc(C)c2C)s1. The average molecular weight is 355 g/mol. The zero-order valence-electron chi connectivity index (χ0n) is 14.6. The molecule has 1 saturated heterocycles. The molecule has 25 heavy (non-hydrogen) atoms. The molecule has 1 aromatic carbocycles. The summed E-state index contributed by atoms with van der Waals surface area (Å²) in [5.41, 5.74) is 9.38. The van der Waals surface area contributed by atoms with Crippen molar-refractivity contribution in [2.75, 3.05) is 6.54 Å². The van der Waals surface area contributed by atoms with Crippen molar-refractivity contribution in [1.82, 2.24) is 9.88 Å². The van der Waals surface area contributed by atoms with Crippen molar-refractivity contribution in [2.45, 2.75) is 33.2 Å². The molecule has 2 aliphatic rings. The fraction of sp³-hybridized carbons (Fsp3) is 0.421. The van der Waals surface area contributed by atoms with Crippen molar-refractivity contribution in [3.05, 3.63) is 40.0 Å². The van der Waals surface area contributed by atoms with Crippen LogP contribution < -0.4 is 5.73 Å². The first-order valence-electron chi connectivity index (χ1n) is 8.52. The van der Waals surface area contributed by atoms with Crippen LogP contribution in [0, 0.1) is 32.6 Å². The Morgan fingerprint density at radius 2 is 2.04 bits per heavy atom. The van der Waals surface area contributed by atoms with E-state index in [1.807, 2.05) is 19.1 Å². The monoisotopic (exact) mass is 355 g/mol. The number of likely N-dealkylation sites (tertiary alicyclic amines) is 1. The molecular weight excluding hydrogens is 334 g/mol. The molecule has 0 unspecified atom stereocenters. The number of piperidine rings is 1. The van der Waals surface area contributed by atoms with E-state index in [4.69, 9.17) is 5.73 Å². The summed E-state index contributed by atoms with van der Waals surface area (Å²) in [5.74, 6) is 0.0884. The maximum Gasteiger partial charge on any atom is 0.274 e. The second-order valence-electron chi connectivity index (χ2n) is 7.12. The van der Waals surface area contributed by atoms with E-state index < -0.39 is 11.9 Å². The molecule has 0 spiro atoms. The summed E-state index contributed by atoms with van der Waals surface area (Å²) >= 11 is 1.52. The molecule has 1 aromatic heterocycles. The van der Waals surface area contributed by atoms with Gasteiger partial charge in [-0.25, -0.2) is 4.98 Å². The van der Waals surface area contributed by atoms with E-state index in [0.29, 0.717) is 18.2 Å². The Hall–Kier alpha value is -2.21. The first-order chi connectivity index (χ1) is 11.9. The van der Waals surface area contributed by atoms with Crippen molar-refractivity contribution in [3.8, 4) is 10.4 Å². The zero-order valence-corrected chi connectivity index (χ0v) is 15.4. The van der Waals surface area contributed by atoms with Crippen LogP contribution in [0.2, 0.25) is 0 Å². The molecule has 2 heterocycles. The van der Waals surface area contributed by atoms with E-state index in [-0.39, 0.29) is 11.8 Å². The number of rotatable bonds is 3. The molecule has 1 saturated carbocycles. The van der Waals surface area contributed by atoms with E-state index in [9.17, 15) is 9.59 Å². The zero-order chi connectivity index (χ0) is 17.9. The Kier molecular flexibility index (Phi) is 3.68. The Bertz CT molecular complexity index is 889. The van der Waals surface area contributed by atoms with Gasteiger partial charge in [-0.05, 0) is 55.7 Å². The van der Waals surface area contributed by atoms with Gasteiger partial charge in [0.1, 0.15) is 11.7 Å². The van der Waals surface area contributed by atoms with Crippen LogP contribution in [0.25, 0.3) is 10.4 Å². The molecule has 3 atom stereocenters. The van der Waals surface area contributed by atoms with Gasteiger partial charge in [0.25, 0.3) is 5.91 Å². The van der Waals surface area contributed by atoms with E-state index in [1.165, 1.54) is 16.9 Å². The van der Waals surface area contributed by atoms with Gasteiger partial charge in [-0.15, -0.1) is 11.3 Å². The van der Waals surface area contributed by atoms with Gasteiger partial charge in [-0.1, -0.05) is 18.2 Å². The largest absolute Gasteiger partial charge is 0.368 e. The fourth-order valence-electron chi connectivity index (χ4n) is 3.93. The summed E-state index contributed by atoms with van der Waals surface area (Å²) < 4.78 is 0. The number of nitrogens with zero attached hydrogens (tertiary/aromatic N) is 2. The molecule has 2 aromatic rings. The number of amides is 2. The number of primary amides is 1. The normalized spacial score (nSPS) is 24.3. The van der Waals surface area contributed by atoms with E-state index >= 15 is 0 Å². The molecule has 0 bridgehead atoms. The number of fused-ring (bicyclic) bond motifs is 1. The van der Waals surface area contributed by atoms with Crippen LogP contribution in [0.15, 0.2) is 18.2 Å². The summed E-state index contributed by atoms with van der Waals surface area (Å²) in [6.07, 6.45) is 0.997. The van der Waals surface area contributed by atoms with Gasteiger partial charge >= 0.3 is 0 Å². The number of benzene rings is 1. The lowest BCUT2D eigenvalue weighted by Gasteiger charge is -2.24. The molecule has 6 heteroatoms. The number of aromatic nitrogens is 1. The Morgan fingerprint density at radius 1 is 1.28 bits per heavy atom. The molecule has 2 N–H and O–H groups in total. The Morgan fingerprint density at radius 3 is 2.76 bits per heavy atom. The minimum Gasteiger partial charge on any atom is -0.368 e. The molecule has 0 radical (unpaired) electrons. The number of aryl methyl sites for hydroxylation is 2. The fourth-order valence-corrected chi connectivity index (χ4v) is 4.92. The second kappa shape index (κ2) is 5.66. The topological polar surface area (TPSA) is 76.3 Å². The average Bonchev–Trinajstić information content (AvgIpc) is 3.04. The lowest BCUT2D eigenvalue weighted by molar-refractivity contribution is -0.122. The van der Waals surface area contributed by atoms with E-state index in [2.05, 4.69) is 24.9 Å². The van der Waals surface area contributed by atoms with E-state index in [0.717, 1.165) is 27.4 Å². The lowest BCUT2D eigenvalue weighted by Crippen LogP contribution is -2.46. The third kappa shape index (κ3) is 2.56. The molecule has 2 fully saturated rings. The molecule has 2 amide bonds. The maximum atomic E-state index is 13.2.